The van der Waals surface area contributed by atoms with E-state index in [9.17, 15) is 4.79 Å². The molecule has 0 amide bonds. The minimum absolute atomic E-state index is 0.130. The largest absolute Gasteiger partial charge is 0.480 e. The van der Waals surface area contributed by atoms with Crippen molar-refractivity contribution in [2.75, 3.05) is 11.9 Å². The molecule has 6 nitrogen and oxygen atoms in total. The Hall–Kier alpha value is -1.59. The molecular weight excluding hydrogens is 150 g/mol. The first-order valence-corrected chi connectivity index (χ1v) is 2.94. The number of anilines is 1. The zero-order valence-corrected chi connectivity index (χ0v) is 5.87. The van der Waals surface area contributed by atoms with Gasteiger partial charge in [-0.05, 0) is 6.92 Å². The van der Waals surface area contributed by atoms with Crippen LogP contribution in [0.4, 0.5) is 6.01 Å². The Labute approximate surface area is 62.2 Å². The van der Waals surface area contributed by atoms with Crippen LogP contribution in [-0.2, 0) is 4.79 Å². The lowest BCUT2D eigenvalue weighted by molar-refractivity contribution is -0.134. The van der Waals surface area contributed by atoms with Gasteiger partial charge in [-0.15, -0.1) is 0 Å². The summed E-state index contributed by atoms with van der Waals surface area (Å²) in [6, 6.07) is 0.130. The summed E-state index contributed by atoms with van der Waals surface area (Å²) in [7, 11) is 0. The van der Waals surface area contributed by atoms with Gasteiger partial charge in [-0.1, -0.05) is 5.16 Å². The number of carboxylic acid groups (broad SMARTS) is 1. The maximum atomic E-state index is 10.0. The van der Waals surface area contributed by atoms with Crippen molar-refractivity contribution in [3.05, 3.63) is 5.82 Å². The van der Waals surface area contributed by atoms with Crippen LogP contribution in [0, 0.1) is 6.92 Å². The van der Waals surface area contributed by atoms with E-state index in [4.69, 9.17) is 5.11 Å². The Morgan fingerprint density at radius 1 is 1.82 bits per heavy atom. The van der Waals surface area contributed by atoms with E-state index in [1.807, 2.05) is 0 Å². The maximum absolute atomic E-state index is 10.0. The molecule has 0 aliphatic heterocycles. The molecule has 11 heavy (non-hydrogen) atoms. The van der Waals surface area contributed by atoms with E-state index in [-0.39, 0.29) is 12.6 Å². The number of aromatic nitrogens is 2. The first kappa shape index (κ1) is 7.52. The number of hydrogen-bond acceptors (Lipinski definition) is 5. The number of carbonyl (C=O) groups is 1. The number of carboxylic acids is 1. The van der Waals surface area contributed by atoms with Gasteiger partial charge in [0, 0.05) is 0 Å². The smallest absolute Gasteiger partial charge is 0.323 e. The third kappa shape index (κ3) is 2.24. The first-order valence-electron chi connectivity index (χ1n) is 2.94. The molecular formula is C5H7N3O3. The van der Waals surface area contributed by atoms with Crippen molar-refractivity contribution in [1.29, 1.82) is 0 Å². The second kappa shape index (κ2) is 3.00. The van der Waals surface area contributed by atoms with Crippen molar-refractivity contribution >= 4 is 12.0 Å². The van der Waals surface area contributed by atoms with Gasteiger partial charge in [0.05, 0.1) is 0 Å². The molecule has 0 aliphatic carbocycles. The summed E-state index contributed by atoms with van der Waals surface area (Å²) in [5.74, 6) is -0.501. The zero-order chi connectivity index (χ0) is 8.27. The van der Waals surface area contributed by atoms with Crippen LogP contribution in [-0.4, -0.2) is 27.8 Å². The highest BCUT2D eigenvalue weighted by Crippen LogP contribution is 2.00. The minimum Gasteiger partial charge on any atom is -0.480 e. The first-order chi connectivity index (χ1) is 5.18. The van der Waals surface area contributed by atoms with Gasteiger partial charge in [0.25, 0.3) is 0 Å². The Balaban J connectivity index is 2.45. The summed E-state index contributed by atoms with van der Waals surface area (Å²) < 4.78 is 4.58. The van der Waals surface area contributed by atoms with Crippen LogP contribution in [0.15, 0.2) is 4.52 Å². The van der Waals surface area contributed by atoms with Gasteiger partial charge in [-0.2, -0.15) is 4.98 Å². The van der Waals surface area contributed by atoms with Crippen molar-refractivity contribution in [3.63, 3.8) is 0 Å². The molecule has 1 aromatic heterocycles. The third-order valence-electron chi connectivity index (χ3n) is 0.918. The molecule has 6 heteroatoms. The van der Waals surface area contributed by atoms with Gasteiger partial charge in [-0.3, -0.25) is 4.79 Å². The van der Waals surface area contributed by atoms with Crippen LogP contribution >= 0.6 is 0 Å². The molecule has 1 rings (SSSR count). The van der Waals surface area contributed by atoms with Crippen molar-refractivity contribution < 1.29 is 14.4 Å². The van der Waals surface area contributed by atoms with Gasteiger partial charge in [0.15, 0.2) is 5.82 Å². The second-order valence-corrected chi connectivity index (χ2v) is 1.89. The maximum Gasteiger partial charge on any atom is 0.323 e. The van der Waals surface area contributed by atoms with E-state index < -0.39 is 5.97 Å². The van der Waals surface area contributed by atoms with Crippen LogP contribution in [0.2, 0.25) is 0 Å². The van der Waals surface area contributed by atoms with E-state index in [1.165, 1.54) is 0 Å². The van der Waals surface area contributed by atoms with E-state index >= 15 is 0 Å². The minimum atomic E-state index is -0.971. The fraction of sp³-hybridized carbons (Fsp3) is 0.400. The molecule has 0 saturated carbocycles. The molecule has 2 N–H and O–H groups in total. The lowest BCUT2D eigenvalue weighted by atomic mass is 10.6. The number of aryl methyl sites for hydroxylation is 1. The highest BCUT2D eigenvalue weighted by atomic mass is 16.5. The fourth-order valence-corrected chi connectivity index (χ4v) is 0.520. The number of rotatable bonds is 3. The number of hydrogen-bond donors (Lipinski definition) is 2. The van der Waals surface area contributed by atoms with Crippen molar-refractivity contribution in [2.45, 2.75) is 6.92 Å². The van der Waals surface area contributed by atoms with Gasteiger partial charge < -0.3 is 14.9 Å². The van der Waals surface area contributed by atoms with E-state index in [0.29, 0.717) is 5.82 Å². The Morgan fingerprint density at radius 3 is 3.00 bits per heavy atom. The van der Waals surface area contributed by atoms with Crippen LogP contribution in [0.1, 0.15) is 5.82 Å². The highest BCUT2D eigenvalue weighted by molar-refractivity contribution is 5.71. The summed E-state index contributed by atoms with van der Waals surface area (Å²) in [5.41, 5.74) is 0. The lowest BCUT2D eigenvalue weighted by Gasteiger charge is -1.92. The lowest BCUT2D eigenvalue weighted by Crippen LogP contribution is -2.12. The normalized spacial score (nSPS) is 9.55. The molecule has 0 spiro atoms. The quantitative estimate of drug-likeness (QED) is 0.635. The molecule has 0 radical (unpaired) electrons. The third-order valence-corrected chi connectivity index (χ3v) is 0.918. The van der Waals surface area contributed by atoms with Crippen LogP contribution < -0.4 is 5.32 Å². The highest BCUT2D eigenvalue weighted by Gasteiger charge is 2.02. The molecule has 0 bridgehead atoms. The topological polar surface area (TPSA) is 88.2 Å². The molecule has 0 unspecified atom stereocenters. The monoisotopic (exact) mass is 157 g/mol. The SMILES string of the molecule is Cc1noc(NCC(=O)O)n1. The van der Waals surface area contributed by atoms with Gasteiger partial charge in [0.2, 0.25) is 0 Å². The summed E-state index contributed by atoms with van der Waals surface area (Å²) in [4.78, 5) is 13.8. The summed E-state index contributed by atoms with van der Waals surface area (Å²) in [5, 5.41) is 14.1. The molecule has 0 atom stereocenters. The fourth-order valence-electron chi connectivity index (χ4n) is 0.520. The molecule has 0 saturated heterocycles. The molecule has 1 aromatic rings. The average Bonchev–Trinajstić information content (AvgIpc) is 2.31. The van der Waals surface area contributed by atoms with Crippen molar-refractivity contribution in [2.24, 2.45) is 0 Å². The number of nitrogens with one attached hydrogen (secondary N) is 1. The molecule has 60 valence electrons. The summed E-state index contributed by atoms with van der Waals surface area (Å²) in [6.45, 7) is 1.43. The van der Waals surface area contributed by atoms with Crippen LogP contribution in [0.25, 0.3) is 0 Å². The van der Waals surface area contributed by atoms with Crippen LogP contribution in [0.3, 0.4) is 0 Å². The zero-order valence-electron chi connectivity index (χ0n) is 5.87. The van der Waals surface area contributed by atoms with Crippen molar-refractivity contribution in [1.82, 2.24) is 10.1 Å². The van der Waals surface area contributed by atoms with Crippen molar-refractivity contribution in [3.8, 4) is 0 Å². The second-order valence-electron chi connectivity index (χ2n) is 1.89. The predicted molar refractivity (Wildman–Crippen MR) is 35.2 cm³/mol. The molecule has 0 aromatic carbocycles. The summed E-state index contributed by atoms with van der Waals surface area (Å²) in [6.07, 6.45) is 0. The standard InChI is InChI=1S/C5H7N3O3/c1-3-7-5(11-8-3)6-2-4(9)10/h2H2,1H3,(H,9,10)(H,6,7,8). The van der Waals surface area contributed by atoms with Gasteiger partial charge in [0.1, 0.15) is 6.54 Å². The van der Waals surface area contributed by atoms with E-state index in [2.05, 4.69) is 20.0 Å². The molecule has 0 fully saturated rings. The summed E-state index contributed by atoms with van der Waals surface area (Å²) >= 11 is 0. The number of aliphatic carboxylic acids is 1. The van der Waals surface area contributed by atoms with Gasteiger partial charge >= 0.3 is 12.0 Å². The number of nitrogens with zero attached hydrogens (tertiary/aromatic N) is 2. The van der Waals surface area contributed by atoms with Gasteiger partial charge in [-0.25, -0.2) is 0 Å². The Morgan fingerprint density at radius 2 is 2.55 bits per heavy atom. The predicted octanol–water partition coefficient (Wildman–Crippen LogP) is -0.125. The molecule has 0 aliphatic rings. The van der Waals surface area contributed by atoms with E-state index in [0.717, 1.165) is 0 Å². The Kier molecular flexibility index (Phi) is 2.05. The van der Waals surface area contributed by atoms with Crippen LogP contribution in [0.5, 0.6) is 0 Å². The average molecular weight is 157 g/mol. The van der Waals surface area contributed by atoms with E-state index in [1.54, 1.807) is 6.92 Å². The molecule has 1 heterocycles. The Bertz CT molecular complexity index is 257.